The zero-order valence-electron chi connectivity index (χ0n) is 17.8. The molecule has 0 unspecified atom stereocenters. The molecular formula is C24H31ClN2O2S. The van der Waals surface area contributed by atoms with Gasteiger partial charge < -0.3 is 10.2 Å². The summed E-state index contributed by atoms with van der Waals surface area (Å²) in [4.78, 5) is 27.7. The molecule has 2 aromatic carbocycles. The van der Waals surface area contributed by atoms with E-state index >= 15 is 0 Å². The van der Waals surface area contributed by atoms with Crippen LogP contribution >= 0.6 is 23.4 Å². The lowest BCUT2D eigenvalue weighted by atomic mass is 10.1. The minimum absolute atomic E-state index is 0.0247. The van der Waals surface area contributed by atoms with E-state index in [0.29, 0.717) is 30.3 Å². The van der Waals surface area contributed by atoms with Gasteiger partial charge in [0.2, 0.25) is 11.8 Å². The molecule has 30 heavy (non-hydrogen) atoms. The van der Waals surface area contributed by atoms with Crippen molar-refractivity contribution in [3.8, 4) is 0 Å². The van der Waals surface area contributed by atoms with Gasteiger partial charge in [-0.05, 0) is 36.1 Å². The van der Waals surface area contributed by atoms with E-state index in [-0.39, 0.29) is 11.8 Å². The molecule has 0 bridgehead atoms. The van der Waals surface area contributed by atoms with Gasteiger partial charge in [-0.1, -0.05) is 74.3 Å². The molecule has 0 aromatic heterocycles. The number of benzene rings is 2. The van der Waals surface area contributed by atoms with Crippen molar-refractivity contribution >= 4 is 35.2 Å². The number of hydrogen-bond acceptors (Lipinski definition) is 3. The summed E-state index contributed by atoms with van der Waals surface area (Å²) in [6.45, 7) is 5.06. The van der Waals surface area contributed by atoms with Crippen LogP contribution in [0.2, 0.25) is 5.02 Å². The van der Waals surface area contributed by atoms with Crippen LogP contribution in [0, 0.1) is 0 Å². The second-order valence-corrected chi connectivity index (χ2v) is 8.62. The lowest BCUT2D eigenvalue weighted by molar-refractivity contribution is -0.139. The van der Waals surface area contributed by atoms with Crippen LogP contribution in [0.1, 0.15) is 44.2 Å². The maximum Gasteiger partial charge on any atom is 0.242 e. The van der Waals surface area contributed by atoms with E-state index in [2.05, 4.69) is 24.4 Å². The predicted molar refractivity (Wildman–Crippen MR) is 127 cm³/mol. The Labute approximate surface area is 189 Å². The van der Waals surface area contributed by atoms with Crippen LogP contribution < -0.4 is 5.32 Å². The summed E-state index contributed by atoms with van der Waals surface area (Å²) in [6.07, 6.45) is 2.52. The number of nitrogens with one attached hydrogen (secondary N) is 1. The molecule has 6 heteroatoms. The van der Waals surface area contributed by atoms with Crippen LogP contribution in [0.4, 0.5) is 0 Å². The Morgan fingerprint density at radius 2 is 1.73 bits per heavy atom. The lowest BCUT2D eigenvalue weighted by Crippen LogP contribution is -2.49. The second kappa shape index (κ2) is 13.3. The van der Waals surface area contributed by atoms with E-state index in [0.717, 1.165) is 24.2 Å². The van der Waals surface area contributed by atoms with Crippen molar-refractivity contribution in [3.63, 3.8) is 0 Å². The average Bonchev–Trinajstić information content (AvgIpc) is 2.76. The van der Waals surface area contributed by atoms with E-state index in [9.17, 15) is 9.59 Å². The smallest absolute Gasteiger partial charge is 0.242 e. The van der Waals surface area contributed by atoms with Crippen molar-refractivity contribution < 1.29 is 9.59 Å². The van der Waals surface area contributed by atoms with Crippen molar-refractivity contribution in [1.29, 1.82) is 0 Å². The van der Waals surface area contributed by atoms with Gasteiger partial charge in [-0.3, -0.25) is 9.59 Å². The second-order valence-electron chi connectivity index (χ2n) is 7.20. The molecule has 0 spiro atoms. The maximum atomic E-state index is 13.1. The zero-order valence-corrected chi connectivity index (χ0v) is 19.3. The number of carbonyl (C=O) groups is 2. The van der Waals surface area contributed by atoms with Crippen LogP contribution in [0.15, 0.2) is 54.6 Å². The number of halogens is 1. The number of carbonyl (C=O) groups excluding carboxylic acids is 2. The number of unbranched alkanes of at least 4 members (excludes halogenated alkanes) is 1. The maximum absolute atomic E-state index is 13.1. The fourth-order valence-corrected chi connectivity index (χ4v) is 4.12. The van der Waals surface area contributed by atoms with E-state index in [1.807, 2.05) is 49.4 Å². The van der Waals surface area contributed by atoms with Crippen LogP contribution in [-0.2, 0) is 21.9 Å². The van der Waals surface area contributed by atoms with Crippen molar-refractivity contribution in [2.45, 2.75) is 51.4 Å². The first-order chi connectivity index (χ1) is 14.5. The van der Waals surface area contributed by atoms with E-state index in [1.54, 1.807) is 16.7 Å². The van der Waals surface area contributed by atoms with Gasteiger partial charge in [-0.25, -0.2) is 0 Å². The van der Waals surface area contributed by atoms with Crippen LogP contribution in [0.5, 0.6) is 0 Å². The highest BCUT2D eigenvalue weighted by molar-refractivity contribution is 7.99. The third-order valence-corrected chi connectivity index (χ3v) is 6.06. The normalized spacial score (nSPS) is 11.7. The Hall–Kier alpha value is -1.98. The minimum atomic E-state index is -0.484. The zero-order chi connectivity index (χ0) is 21.8. The molecule has 2 aromatic rings. The molecular weight excluding hydrogens is 416 g/mol. The van der Waals surface area contributed by atoms with Gasteiger partial charge in [0.15, 0.2) is 0 Å². The van der Waals surface area contributed by atoms with Crippen molar-refractivity contribution in [1.82, 2.24) is 10.2 Å². The standard InChI is InChI=1S/C24H31ClN2O2S/c1-3-5-15-26-24(29)22(4-2)27(16-19-11-13-21(25)14-12-19)23(28)18-30-17-20-9-7-6-8-10-20/h6-14,22H,3-5,15-18H2,1-2H3,(H,26,29)/t22-/m0/s1. The Balaban J connectivity index is 2.08. The molecule has 0 heterocycles. The summed E-state index contributed by atoms with van der Waals surface area (Å²) in [5, 5.41) is 3.64. The van der Waals surface area contributed by atoms with Crippen molar-refractivity contribution in [2.75, 3.05) is 12.3 Å². The molecule has 0 radical (unpaired) electrons. The summed E-state index contributed by atoms with van der Waals surface area (Å²) in [6, 6.07) is 17.0. The monoisotopic (exact) mass is 446 g/mol. The molecule has 2 rings (SSSR count). The first-order valence-corrected chi connectivity index (χ1v) is 12.0. The Morgan fingerprint density at radius 3 is 2.37 bits per heavy atom. The lowest BCUT2D eigenvalue weighted by Gasteiger charge is -2.30. The van der Waals surface area contributed by atoms with E-state index < -0.39 is 6.04 Å². The summed E-state index contributed by atoms with van der Waals surface area (Å²) < 4.78 is 0. The molecule has 4 nitrogen and oxygen atoms in total. The highest BCUT2D eigenvalue weighted by Gasteiger charge is 2.28. The molecule has 1 atom stereocenters. The van der Waals surface area contributed by atoms with Crippen LogP contribution in [-0.4, -0.2) is 35.1 Å². The van der Waals surface area contributed by atoms with E-state index in [1.165, 1.54) is 5.56 Å². The third kappa shape index (κ3) is 8.04. The fraction of sp³-hybridized carbons (Fsp3) is 0.417. The van der Waals surface area contributed by atoms with Gasteiger partial charge in [0.25, 0.3) is 0 Å². The Morgan fingerprint density at radius 1 is 1.03 bits per heavy atom. The summed E-state index contributed by atoms with van der Waals surface area (Å²) >= 11 is 7.57. The SMILES string of the molecule is CCCCNC(=O)[C@H](CC)N(Cc1ccc(Cl)cc1)C(=O)CSCc1ccccc1. The van der Waals surface area contributed by atoms with Crippen LogP contribution in [0.25, 0.3) is 0 Å². The van der Waals surface area contributed by atoms with Crippen LogP contribution in [0.3, 0.4) is 0 Å². The average molecular weight is 447 g/mol. The van der Waals surface area contributed by atoms with Gasteiger partial charge in [-0.2, -0.15) is 0 Å². The van der Waals surface area contributed by atoms with Gasteiger partial charge in [0.05, 0.1) is 5.75 Å². The number of nitrogens with zero attached hydrogens (tertiary/aromatic N) is 1. The first kappa shape index (κ1) is 24.3. The quantitative estimate of drug-likeness (QED) is 0.450. The van der Waals surface area contributed by atoms with Gasteiger partial charge in [0, 0.05) is 23.9 Å². The largest absolute Gasteiger partial charge is 0.354 e. The Bertz CT molecular complexity index is 784. The predicted octanol–water partition coefficient (Wildman–Crippen LogP) is 5.30. The highest BCUT2D eigenvalue weighted by atomic mass is 35.5. The molecule has 0 aliphatic heterocycles. The number of hydrogen-bond donors (Lipinski definition) is 1. The Kier molecular flexibility index (Phi) is 10.8. The molecule has 1 N–H and O–H groups in total. The fourth-order valence-electron chi connectivity index (χ4n) is 3.13. The molecule has 0 aliphatic carbocycles. The highest BCUT2D eigenvalue weighted by Crippen LogP contribution is 2.18. The van der Waals surface area contributed by atoms with Crippen molar-refractivity contribution in [3.05, 3.63) is 70.7 Å². The number of thioether (sulfide) groups is 1. The summed E-state index contributed by atoms with van der Waals surface area (Å²) in [5.41, 5.74) is 2.14. The first-order valence-electron chi connectivity index (χ1n) is 10.5. The van der Waals surface area contributed by atoms with Crippen molar-refractivity contribution in [2.24, 2.45) is 0 Å². The summed E-state index contributed by atoms with van der Waals surface area (Å²) in [7, 11) is 0. The minimum Gasteiger partial charge on any atom is -0.354 e. The molecule has 0 saturated heterocycles. The number of amides is 2. The van der Waals surface area contributed by atoms with Gasteiger partial charge in [-0.15, -0.1) is 11.8 Å². The number of rotatable bonds is 12. The van der Waals surface area contributed by atoms with Gasteiger partial charge in [0.1, 0.15) is 6.04 Å². The third-order valence-electron chi connectivity index (χ3n) is 4.82. The molecule has 2 amide bonds. The molecule has 0 saturated carbocycles. The molecule has 162 valence electrons. The summed E-state index contributed by atoms with van der Waals surface area (Å²) in [5.74, 6) is 0.993. The topological polar surface area (TPSA) is 49.4 Å². The van der Waals surface area contributed by atoms with E-state index in [4.69, 9.17) is 11.6 Å². The van der Waals surface area contributed by atoms with Gasteiger partial charge >= 0.3 is 0 Å². The molecule has 0 fully saturated rings. The molecule has 0 aliphatic rings.